The van der Waals surface area contributed by atoms with Crippen LogP contribution in [-0.2, 0) is 4.79 Å². The van der Waals surface area contributed by atoms with E-state index in [0.29, 0.717) is 0 Å². The third-order valence-corrected chi connectivity index (χ3v) is 3.07. The first-order valence-corrected chi connectivity index (χ1v) is 6.19. The van der Waals surface area contributed by atoms with Gasteiger partial charge in [0.25, 0.3) is 0 Å². The van der Waals surface area contributed by atoms with Gasteiger partial charge in [0, 0.05) is 16.5 Å². The Hall–Kier alpha value is -1.83. The predicted octanol–water partition coefficient (Wildman–Crippen LogP) is 4.13. The fraction of sp³-hybridized carbons (Fsp3) is 0.312. The first-order chi connectivity index (χ1) is 8.39. The highest BCUT2D eigenvalue weighted by Crippen LogP contribution is 2.27. The van der Waals surface area contributed by atoms with Crippen LogP contribution >= 0.6 is 0 Å². The van der Waals surface area contributed by atoms with Crippen molar-refractivity contribution < 1.29 is 4.79 Å². The molecule has 2 aromatic rings. The molecule has 2 nitrogen and oxygen atoms in total. The summed E-state index contributed by atoms with van der Waals surface area (Å²) < 4.78 is 0. The maximum absolute atomic E-state index is 12.1. The summed E-state index contributed by atoms with van der Waals surface area (Å²) in [5, 5.41) is 5.29. The second-order valence-corrected chi connectivity index (χ2v) is 5.68. The lowest BCUT2D eigenvalue weighted by atomic mass is 9.95. The van der Waals surface area contributed by atoms with Gasteiger partial charge < -0.3 is 5.32 Å². The van der Waals surface area contributed by atoms with Gasteiger partial charge in [-0.25, -0.2) is 0 Å². The number of anilines is 1. The average Bonchev–Trinajstić information content (AvgIpc) is 2.29. The molecule has 2 aromatic carbocycles. The van der Waals surface area contributed by atoms with E-state index < -0.39 is 0 Å². The van der Waals surface area contributed by atoms with Gasteiger partial charge in [-0.3, -0.25) is 4.79 Å². The maximum Gasteiger partial charge on any atom is 0.229 e. The van der Waals surface area contributed by atoms with Crippen molar-refractivity contribution in [3.8, 4) is 0 Å². The minimum Gasteiger partial charge on any atom is -0.325 e. The molecule has 0 aliphatic heterocycles. The first-order valence-electron chi connectivity index (χ1n) is 6.19. The molecule has 18 heavy (non-hydrogen) atoms. The van der Waals surface area contributed by atoms with Crippen molar-refractivity contribution >= 4 is 22.4 Å². The third kappa shape index (κ3) is 2.37. The average molecular weight is 241 g/mol. The summed E-state index contributed by atoms with van der Waals surface area (Å²) in [7, 11) is 0. The zero-order valence-electron chi connectivity index (χ0n) is 11.4. The molecular formula is C16H19NO. The third-order valence-electron chi connectivity index (χ3n) is 3.07. The minimum absolute atomic E-state index is 0.0384. The van der Waals surface area contributed by atoms with Crippen molar-refractivity contribution in [2.24, 2.45) is 5.41 Å². The number of rotatable bonds is 1. The van der Waals surface area contributed by atoms with E-state index in [1.807, 2.05) is 45.0 Å². The van der Waals surface area contributed by atoms with Gasteiger partial charge in [0.15, 0.2) is 0 Å². The highest BCUT2D eigenvalue weighted by Gasteiger charge is 2.21. The van der Waals surface area contributed by atoms with Gasteiger partial charge in [-0.1, -0.05) is 51.1 Å². The molecule has 0 bridgehead atoms. The van der Waals surface area contributed by atoms with E-state index in [2.05, 4.69) is 24.4 Å². The summed E-state index contributed by atoms with van der Waals surface area (Å²) in [4.78, 5) is 12.1. The Morgan fingerprint density at radius 2 is 1.61 bits per heavy atom. The molecular weight excluding hydrogens is 222 g/mol. The molecule has 0 spiro atoms. The Morgan fingerprint density at radius 3 is 2.28 bits per heavy atom. The van der Waals surface area contributed by atoms with E-state index in [1.165, 1.54) is 10.9 Å². The number of amides is 1. The lowest BCUT2D eigenvalue weighted by molar-refractivity contribution is -0.123. The molecule has 0 aromatic heterocycles. The second-order valence-electron chi connectivity index (χ2n) is 5.68. The van der Waals surface area contributed by atoms with Crippen molar-refractivity contribution in [2.45, 2.75) is 27.7 Å². The molecule has 0 heterocycles. The second kappa shape index (κ2) is 4.45. The van der Waals surface area contributed by atoms with Crippen molar-refractivity contribution in [3.05, 3.63) is 42.0 Å². The van der Waals surface area contributed by atoms with Crippen molar-refractivity contribution in [1.29, 1.82) is 0 Å². The summed E-state index contributed by atoms with van der Waals surface area (Å²) >= 11 is 0. The van der Waals surface area contributed by atoms with Crippen molar-refractivity contribution in [2.75, 3.05) is 5.32 Å². The topological polar surface area (TPSA) is 29.1 Å². The van der Waals surface area contributed by atoms with E-state index in [0.717, 1.165) is 11.1 Å². The molecule has 1 N–H and O–H groups in total. The molecule has 0 fully saturated rings. The Balaban J connectivity index is 2.47. The zero-order chi connectivity index (χ0) is 13.3. The Labute approximate surface area is 108 Å². The summed E-state index contributed by atoms with van der Waals surface area (Å²) in [6.45, 7) is 7.83. The molecule has 0 atom stereocenters. The molecule has 0 aliphatic carbocycles. The van der Waals surface area contributed by atoms with Gasteiger partial charge >= 0.3 is 0 Å². The quantitative estimate of drug-likeness (QED) is 0.799. The number of hydrogen-bond donors (Lipinski definition) is 1. The number of benzene rings is 2. The van der Waals surface area contributed by atoms with Gasteiger partial charge in [0.05, 0.1) is 0 Å². The molecule has 0 saturated carbocycles. The normalized spacial score (nSPS) is 11.6. The van der Waals surface area contributed by atoms with Crippen LogP contribution in [0.3, 0.4) is 0 Å². The molecule has 2 rings (SSSR count). The molecule has 0 aliphatic rings. The van der Waals surface area contributed by atoms with Crippen LogP contribution in [0.5, 0.6) is 0 Å². The largest absolute Gasteiger partial charge is 0.325 e. The van der Waals surface area contributed by atoms with E-state index in [9.17, 15) is 4.79 Å². The standard InChI is InChI=1S/C16H19NO/c1-11-7-5-9-13-12(11)8-6-10-14(13)17-15(18)16(2,3)4/h5-10H,1-4H3,(H,17,18). The van der Waals surface area contributed by atoms with E-state index in [4.69, 9.17) is 0 Å². The molecule has 2 heteroatoms. The van der Waals surface area contributed by atoms with Crippen LogP contribution in [0.15, 0.2) is 36.4 Å². The van der Waals surface area contributed by atoms with Gasteiger partial charge in [-0.2, -0.15) is 0 Å². The van der Waals surface area contributed by atoms with Crippen LogP contribution < -0.4 is 5.32 Å². The zero-order valence-corrected chi connectivity index (χ0v) is 11.4. The van der Waals surface area contributed by atoms with Gasteiger partial charge in [-0.05, 0) is 23.9 Å². The first kappa shape index (κ1) is 12.6. The smallest absolute Gasteiger partial charge is 0.229 e. The van der Waals surface area contributed by atoms with Crippen LogP contribution in [-0.4, -0.2) is 5.91 Å². The van der Waals surface area contributed by atoms with E-state index in [-0.39, 0.29) is 11.3 Å². The number of nitrogens with one attached hydrogen (secondary N) is 1. The Morgan fingerprint density at radius 1 is 1.00 bits per heavy atom. The minimum atomic E-state index is -0.383. The fourth-order valence-electron chi connectivity index (χ4n) is 1.89. The predicted molar refractivity (Wildman–Crippen MR) is 76.8 cm³/mol. The number of hydrogen-bond acceptors (Lipinski definition) is 1. The summed E-state index contributed by atoms with van der Waals surface area (Å²) in [5.74, 6) is 0.0384. The summed E-state index contributed by atoms with van der Waals surface area (Å²) in [5.41, 5.74) is 1.72. The highest BCUT2D eigenvalue weighted by atomic mass is 16.2. The van der Waals surface area contributed by atoms with Crippen molar-refractivity contribution in [3.63, 3.8) is 0 Å². The number of carbonyl (C=O) groups excluding carboxylic acids is 1. The molecule has 94 valence electrons. The Kier molecular flexibility index (Phi) is 3.12. The monoisotopic (exact) mass is 241 g/mol. The van der Waals surface area contributed by atoms with Crippen LogP contribution in [0.25, 0.3) is 10.8 Å². The van der Waals surface area contributed by atoms with E-state index in [1.54, 1.807) is 0 Å². The highest BCUT2D eigenvalue weighted by molar-refractivity contribution is 6.04. The molecule has 0 radical (unpaired) electrons. The van der Waals surface area contributed by atoms with Gasteiger partial charge in [-0.15, -0.1) is 0 Å². The van der Waals surface area contributed by atoms with Crippen LogP contribution in [0.4, 0.5) is 5.69 Å². The molecule has 0 unspecified atom stereocenters. The number of carbonyl (C=O) groups is 1. The molecule has 1 amide bonds. The lowest BCUT2D eigenvalue weighted by Crippen LogP contribution is -2.27. The maximum atomic E-state index is 12.1. The fourth-order valence-corrected chi connectivity index (χ4v) is 1.89. The van der Waals surface area contributed by atoms with E-state index >= 15 is 0 Å². The van der Waals surface area contributed by atoms with Crippen LogP contribution in [0.1, 0.15) is 26.3 Å². The Bertz CT molecular complexity index is 594. The summed E-state index contributed by atoms with van der Waals surface area (Å²) in [6, 6.07) is 12.2. The van der Waals surface area contributed by atoms with Crippen molar-refractivity contribution in [1.82, 2.24) is 0 Å². The number of aryl methyl sites for hydroxylation is 1. The summed E-state index contributed by atoms with van der Waals surface area (Å²) in [6.07, 6.45) is 0. The SMILES string of the molecule is Cc1cccc2c(NC(=O)C(C)(C)C)cccc12. The number of fused-ring (bicyclic) bond motifs is 1. The lowest BCUT2D eigenvalue weighted by Gasteiger charge is -2.18. The van der Waals surface area contributed by atoms with Gasteiger partial charge in [0.2, 0.25) is 5.91 Å². The van der Waals surface area contributed by atoms with Gasteiger partial charge in [0.1, 0.15) is 0 Å². The molecule has 0 saturated heterocycles. The van der Waals surface area contributed by atoms with Crippen LogP contribution in [0, 0.1) is 12.3 Å². The van der Waals surface area contributed by atoms with Crippen LogP contribution in [0.2, 0.25) is 0 Å².